The molecule has 1 heteroatoms. The summed E-state index contributed by atoms with van der Waals surface area (Å²) in [6.07, 6.45) is 0. The van der Waals surface area contributed by atoms with Gasteiger partial charge in [-0.3, -0.25) is 0 Å². The van der Waals surface area contributed by atoms with Gasteiger partial charge in [-0.2, -0.15) is 0 Å². The van der Waals surface area contributed by atoms with Gasteiger partial charge in [-0.05, 0) is 66.2 Å². The van der Waals surface area contributed by atoms with Crippen molar-refractivity contribution in [2.75, 3.05) is 0 Å². The van der Waals surface area contributed by atoms with Gasteiger partial charge in [0.2, 0.25) is 0 Å². The molecule has 1 heterocycles. The van der Waals surface area contributed by atoms with E-state index in [4.69, 9.17) is 23.3 Å². The molecule has 0 atom stereocenters. The lowest BCUT2D eigenvalue weighted by Crippen LogP contribution is -1.91. The minimum absolute atomic E-state index is 0.136. The lowest BCUT2D eigenvalue weighted by atomic mass is 9.85. The number of benzene rings is 8. The highest BCUT2D eigenvalue weighted by Gasteiger charge is 2.19. The minimum atomic E-state index is -1.06. The maximum atomic E-state index is 9.53. The van der Waals surface area contributed by atoms with Crippen molar-refractivity contribution in [1.82, 2.24) is 0 Å². The van der Waals surface area contributed by atoms with E-state index in [2.05, 4.69) is 0 Å². The molecule has 0 saturated heterocycles. The number of rotatable bonds is 3. The Morgan fingerprint density at radius 3 is 1.56 bits per heavy atom. The predicted molar refractivity (Wildman–Crippen MR) is 188 cm³/mol. The van der Waals surface area contributed by atoms with Gasteiger partial charge in [0.1, 0.15) is 0 Å². The molecule has 0 aliphatic rings. The fourth-order valence-corrected chi connectivity index (χ4v) is 6.26. The summed E-state index contributed by atoms with van der Waals surface area (Å²) in [5, 5.41) is -4.25. The third kappa shape index (κ3) is 3.75. The predicted octanol–water partition coefficient (Wildman–Crippen LogP) is 12.5. The van der Waals surface area contributed by atoms with Crippen LogP contribution in [0.1, 0.15) is 35.6 Å². The second kappa shape index (κ2) is 9.66. The zero-order chi connectivity index (χ0) is 51.0. The molecule has 0 amide bonds. The largest absolute Gasteiger partial charge is 0.135 e. The summed E-state index contributed by atoms with van der Waals surface area (Å²) in [5.74, 6) is 0. The van der Waals surface area contributed by atoms with Crippen molar-refractivity contribution in [3.63, 3.8) is 0 Å². The molecule has 0 N–H and O–H groups in total. The maximum absolute atomic E-state index is 9.53. The first kappa shape index (κ1) is 9.91. The van der Waals surface area contributed by atoms with Crippen LogP contribution in [0.5, 0.6) is 0 Å². The SMILES string of the molecule is [2H]c1c([2H])c(-c2c3c([2H])c([2H])c([2H])c([2H])c3c(-c3c([2H])c([2H])c([2H])c4c3sc3c([2H])c([2H])c([2H])c([2H])c34)c3c([2H])c([2H])c([2H])c([2H])c23)c([2H])c([2H])c1-c1c([2H])c([2H])c([2H])c2c([2H])c([2H])c([2H])c([2H])c12. The van der Waals surface area contributed by atoms with Gasteiger partial charge in [-0.15, -0.1) is 11.3 Å². The van der Waals surface area contributed by atoms with E-state index >= 15 is 0 Å². The van der Waals surface area contributed by atoms with Crippen LogP contribution >= 0.6 is 11.3 Å². The summed E-state index contributed by atoms with van der Waals surface area (Å²) in [4.78, 5) is 0. The summed E-state index contributed by atoms with van der Waals surface area (Å²) >= 11 is 0.636. The van der Waals surface area contributed by atoms with Gasteiger partial charge in [0.25, 0.3) is 0 Å². The van der Waals surface area contributed by atoms with Crippen LogP contribution in [0.15, 0.2) is 157 Å². The summed E-state index contributed by atoms with van der Waals surface area (Å²) < 4.78 is 232. The topological polar surface area (TPSA) is 0 Å². The van der Waals surface area contributed by atoms with Crippen LogP contribution in [0, 0.1) is 0 Å². The molecule has 0 unspecified atom stereocenters. The van der Waals surface area contributed by atoms with Gasteiger partial charge in [-0.1, -0.05) is 151 Å². The van der Waals surface area contributed by atoms with E-state index in [0.29, 0.717) is 11.3 Å². The van der Waals surface area contributed by atoms with Crippen LogP contribution in [0.2, 0.25) is 0 Å². The molecule has 0 bridgehead atoms. The Morgan fingerprint density at radius 1 is 0.349 bits per heavy atom. The molecule has 0 fully saturated rings. The first-order valence-corrected chi connectivity index (χ1v) is 13.5. The maximum Gasteiger partial charge on any atom is 0.0638 e. The van der Waals surface area contributed by atoms with Crippen LogP contribution in [0.3, 0.4) is 0 Å². The molecule has 43 heavy (non-hydrogen) atoms. The lowest BCUT2D eigenvalue weighted by Gasteiger charge is -2.18. The molecule has 0 nitrogen and oxygen atoms in total. The molecular weight excluding hydrogens is 537 g/mol. The van der Waals surface area contributed by atoms with E-state index in [0.717, 1.165) is 0 Å². The highest BCUT2D eigenvalue weighted by Crippen LogP contribution is 2.47. The van der Waals surface area contributed by atoms with Crippen LogP contribution in [-0.2, 0) is 0 Å². The van der Waals surface area contributed by atoms with Crippen LogP contribution in [-0.4, -0.2) is 0 Å². The van der Waals surface area contributed by atoms with Crippen LogP contribution in [0.25, 0.3) is 85.9 Å². The van der Waals surface area contributed by atoms with E-state index in [-0.39, 0.29) is 20.2 Å². The molecule has 0 radical (unpaired) electrons. The van der Waals surface area contributed by atoms with Crippen molar-refractivity contribution in [2.24, 2.45) is 0 Å². The molecule has 9 aromatic rings. The Balaban J connectivity index is 1.58. The van der Waals surface area contributed by atoms with Crippen molar-refractivity contribution in [1.29, 1.82) is 0 Å². The van der Waals surface area contributed by atoms with Crippen molar-refractivity contribution < 1.29 is 35.6 Å². The number of hydrogen-bond donors (Lipinski definition) is 0. The average molecular weight is 589 g/mol. The van der Waals surface area contributed by atoms with Crippen molar-refractivity contribution in [3.05, 3.63) is 157 Å². The van der Waals surface area contributed by atoms with Gasteiger partial charge in [0, 0.05) is 25.7 Å². The molecule has 0 spiro atoms. The quantitative estimate of drug-likeness (QED) is 0.180. The zero-order valence-corrected chi connectivity index (χ0v) is 22.2. The Morgan fingerprint density at radius 2 is 0.837 bits per heavy atom. The van der Waals surface area contributed by atoms with E-state index in [1.807, 2.05) is 0 Å². The molecule has 200 valence electrons. The number of hydrogen-bond acceptors (Lipinski definition) is 1. The van der Waals surface area contributed by atoms with Gasteiger partial charge < -0.3 is 0 Å². The van der Waals surface area contributed by atoms with Crippen LogP contribution < -0.4 is 0 Å². The highest BCUT2D eigenvalue weighted by molar-refractivity contribution is 7.26. The first-order chi connectivity index (χ1) is 32.2. The lowest BCUT2D eigenvalue weighted by molar-refractivity contribution is 1.63. The van der Waals surface area contributed by atoms with Crippen molar-refractivity contribution in [2.45, 2.75) is 0 Å². The molecule has 0 saturated carbocycles. The van der Waals surface area contributed by atoms with Gasteiger partial charge in [-0.25, -0.2) is 0 Å². The third-order valence-corrected chi connectivity index (χ3v) is 8.12. The van der Waals surface area contributed by atoms with Gasteiger partial charge >= 0.3 is 0 Å². The van der Waals surface area contributed by atoms with Crippen LogP contribution in [0.4, 0.5) is 0 Å². The first-order valence-electron chi connectivity index (χ1n) is 25.7. The molecule has 8 aromatic carbocycles. The fraction of sp³-hybridized carbons (Fsp3) is 0. The van der Waals surface area contributed by atoms with E-state index in [1.165, 1.54) is 0 Å². The summed E-state index contributed by atoms with van der Waals surface area (Å²) in [5.41, 5.74) is -4.01. The molecule has 9 rings (SSSR count). The zero-order valence-electron chi connectivity index (χ0n) is 47.4. The van der Waals surface area contributed by atoms with Crippen molar-refractivity contribution >= 4 is 63.8 Å². The van der Waals surface area contributed by atoms with Crippen molar-refractivity contribution in [3.8, 4) is 33.4 Å². The van der Waals surface area contributed by atoms with E-state index in [9.17, 15) is 12.3 Å². The summed E-state index contributed by atoms with van der Waals surface area (Å²) in [7, 11) is 0. The highest BCUT2D eigenvalue weighted by atomic mass is 32.1. The number of fused-ring (bicyclic) bond motifs is 6. The minimum Gasteiger partial charge on any atom is -0.135 e. The smallest absolute Gasteiger partial charge is 0.0638 e. The molecule has 1 aromatic heterocycles. The third-order valence-electron chi connectivity index (χ3n) is 7.00. The molecule has 0 aliphatic heterocycles. The Hall–Kier alpha value is -5.24. The summed E-state index contributed by atoms with van der Waals surface area (Å²) in [6, 6.07) is -22.4. The van der Waals surface area contributed by atoms with E-state index in [1.54, 1.807) is 0 Å². The fourth-order valence-electron chi connectivity index (χ4n) is 5.19. The Kier molecular flexibility index (Phi) is 2.23. The monoisotopic (exact) mass is 588 g/mol. The van der Waals surface area contributed by atoms with E-state index < -0.39 is 223 Å². The molecule has 0 aliphatic carbocycles. The average Bonchev–Trinajstić information content (AvgIpc) is 3.72. The second-order valence-corrected chi connectivity index (χ2v) is 10.3. The Bertz CT molecular complexity index is 3850. The summed E-state index contributed by atoms with van der Waals surface area (Å²) in [6.45, 7) is 0. The second-order valence-electron chi connectivity index (χ2n) is 9.26. The molecular formula is C42H26S. The Labute approximate surface area is 290 Å². The number of thiophene rings is 1. The van der Waals surface area contributed by atoms with Gasteiger partial charge in [0.05, 0.1) is 35.6 Å². The van der Waals surface area contributed by atoms with Gasteiger partial charge in [0.15, 0.2) is 0 Å². The normalized spacial score (nSPS) is 20.2. The standard InChI is InChI=1S/C42H26S/c1-2-13-30-27(11-1)12-9-19-31(30)28-23-25-29(26-24-28)40-33-15-3-5-17-35(33)41(36-18-6-4-16-34(36)40)38-21-10-20-37-32-14-7-8-22-39(32)43-42(37)38/h1-26H/i1D,2D,3D,4D,5D,6D,7D,8D,9D,10D,11D,12D,13D,14D,15D,16D,17D,18D,19D,20D,21D,22D,23D,24D,25D,26D.